The van der Waals surface area contributed by atoms with Crippen molar-refractivity contribution in [2.75, 3.05) is 14.2 Å². The topological polar surface area (TPSA) is 29.5 Å². The fraction of sp³-hybridized carbons (Fsp3) is 0.611. The molecule has 0 aromatic heterocycles. The van der Waals surface area contributed by atoms with Crippen molar-refractivity contribution in [1.82, 2.24) is 4.90 Å². The number of carbonyl (C=O) groups excluding carboxylic acids is 1. The molecule has 3 heteroatoms. The summed E-state index contributed by atoms with van der Waals surface area (Å²) in [7, 11) is 3.90. The van der Waals surface area contributed by atoms with Gasteiger partial charge >= 0.3 is 0 Å². The Morgan fingerprint density at radius 2 is 1.81 bits per heavy atom. The van der Waals surface area contributed by atoms with E-state index in [4.69, 9.17) is 4.74 Å². The number of hydrogen-bond donors (Lipinski definition) is 0. The summed E-state index contributed by atoms with van der Waals surface area (Å²) < 4.78 is 5.16. The van der Waals surface area contributed by atoms with E-state index in [0.29, 0.717) is 30.2 Å². The Balaban J connectivity index is 1.52. The van der Waals surface area contributed by atoms with Gasteiger partial charge in [-0.3, -0.25) is 4.79 Å². The molecule has 2 aliphatic heterocycles. The third kappa shape index (κ3) is 3.13. The van der Waals surface area contributed by atoms with E-state index in [-0.39, 0.29) is 0 Å². The van der Waals surface area contributed by atoms with Crippen LogP contribution in [-0.2, 0) is 11.2 Å². The Bertz CT molecular complexity index is 482. The van der Waals surface area contributed by atoms with Gasteiger partial charge in [-0.2, -0.15) is 0 Å². The average Bonchev–Trinajstić information content (AvgIpc) is 2.74. The number of ether oxygens (including phenoxy) is 1. The van der Waals surface area contributed by atoms with Crippen molar-refractivity contribution in [2.24, 2.45) is 5.92 Å². The molecule has 2 unspecified atom stereocenters. The van der Waals surface area contributed by atoms with Crippen molar-refractivity contribution < 1.29 is 9.53 Å². The molecule has 2 saturated heterocycles. The molecule has 3 nitrogen and oxygen atoms in total. The Labute approximate surface area is 127 Å². The minimum Gasteiger partial charge on any atom is -0.497 e. The Morgan fingerprint density at radius 1 is 1.19 bits per heavy atom. The van der Waals surface area contributed by atoms with E-state index >= 15 is 0 Å². The molecule has 0 aliphatic carbocycles. The summed E-state index contributed by atoms with van der Waals surface area (Å²) in [6.45, 7) is 0. The second-order valence-corrected chi connectivity index (χ2v) is 6.53. The Morgan fingerprint density at radius 3 is 2.38 bits per heavy atom. The maximum absolute atomic E-state index is 12.5. The molecule has 2 bridgehead atoms. The van der Waals surface area contributed by atoms with Crippen LogP contribution in [0.2, 0.25) is 0 Å². The maximum atomic E-state index is 12.5. The van der Waals surface area contributed by atoms with Crippen LogP contribution in [0.5, 0.6) is 5.75 Å². The van der Waals surface area contributed by atoms with Crippen LogP contribution in [0.4, 0.5) is 0 Å². The number of benzene rings is 1. The van der Waals surface area contributed by atoms with Crippen LogP contribution < -0.4 is 4.74 Å². The Kier molecular flexibility index (Phi) is 4.29. The first-order valence-corrected chi connectivity index (χ1v) is 8.05. The number of nitrogens with zero attached hydrogens (tertiary/aromatic N) is 1. The standard InChI is InChI=1S/C18H25NO2/c1-19-15-6-7-16(19)12-14(11-15)18(20)10-5-13-3-8-17(21-2)9-4-13/h3-4,8-9,14-16H,5-7,10-12H2,1-2H3. The number of fused-ring (bicyclic) bond motifs is 2. The van der Waals surface area contributed by atoms with E-state index in [9.17, 15) is 4.79 Å². The zero-order chi connectivity index (χ0) is 14.8. The van der Waals surface area contributed by atoms with Gasteiger partial charge in [0.15, 0.2) is 0 Å². The van der Waals surface area contributed by atoms with Gasteiger partial charge in [0.1, 0.15) is 11.5 Å². The van der Waals surface area contributed by atoms with Crippen LogP contribution in [0.15, 0.2) is 24.3 Å². The van der Waals surface area contributed by atoms with Crippen LogP contribution in [0.1, 0.15) is 37.7 Å². The molecule has 2 heterocycles. The van der Waals surface area contributed by atoms with Crippen LogP contribution in [-0.4, -0.2) is 36.9 Å². The largest absolute Gasteiger partial charge is 0.497 e. The van der Waals surface area contributed by atoms with Crippen LogP contribution in [0.25, 0.3) is 0 Å². The number of methoxy groups -OCH3 is 1. The monoisotopic (exact) mass is 287 g/mol. The molecule has 2 atom stereocenters. The van der Waals surface area contributed by atoms with E-state index in [0.717, 1.165) is 25.0 Å². The molecule has 114 valence electrons. The third-order valence-corrected chi connectivity index (χ3v) is 5.37. The number of aryl methyl sites for hydroxylation is 1. The lowest BCUT2D eigenvalue weighted by Gasteiger charge is -2.35. The van der Waals surface area contributed by atoms with E-state index < -0.39 is 0 Å². The highest BCUT2D eigenvalue weighted by atomic mass is 16.5. The summed E-state index contributed by atoms with van der Waals surface area (Å²) in [4.78, 5) is 15.0. The molecule has 0 radical (unpaired) electrons. The summed E-state index contributed by atoms with van der Waals surface area (Å²) in [6, 6.07) is 9.36. The van der Waals surface area contributed by atoms with E-state index in [1.807, 2.05) is 12.1 Å². The van der Waals surface area contributed by atoms with E-state index in [2.05, 4.69) is 24.1 Å². The second-order valence-electron chi connectivity index (χ2n) is 6.53. The molecule has 0 amide bonds. The molecule has 0 saturated carbocycles. The number of Topliss-reactive ketones (excluding diaryl/α,β-unsaturated/α-hetero) is 1. The molecule has 0 spiro atoms. The molecule has 0 N–H and O–H groups in total. The Hall–Kier alpha value is -1.35. The minimum absolute atomic E-state index is 0.303. The molecule has 1 aromatic rings. The van der Waals surface area contributed by atoms with E-state index in [1.165, 1.54) is 18.4 Å². The first-order chi connectivity index (χ1) is 10.2. The summed E-state index contributed by atoms with van der Waals surface area (Å²) >= 11 is 0. The highest BCUT2D eigenvalue weighted by Gasteiger charge is 2.40. The molecule has 3 rings (SSSR count). The fourth-order valence-corrected chi connectivity index (χ4v) is 3.94. The third-order valence-electron chi connectivity index (χ3n) is 5.37. The van der Waals surface area contributed by atoms with Crippen LogP contribution >= 0.6 is 0 Å². The molecule has 2 aliphatic rings. The zero-order valence-corrected chi connectivity index (χ0v) is 13.0. The van der Waals surface area contributed by atoms with Gasteiger partial charge in [-0.15, -0.1) is 0 Å². The summed E-state index contributed by atoms with van der Waals surface area (Å²) in [5.41, 5.74) is 1.22. The fourth-order valence-electron chi connectivity index (χ4n) is 3.94. The smallest absolute Gasteiger partial charge is 0.136 e. The zero-order valence-electron chi connectivity index (χ0n) is 13.0. The molecule has 21 heavy (non-hydrogen) atoms. The molecule has 2 fully saturated rings. The number of carbonyl (C=O) groups is 1. The van der Waals surface area contributed by atoms with Crippen molar-refractivity contribution in [3.63, 3.8) is 0 Å². The SMILES string of the molecule is COc1ccc(CCC(=O)C2CC3CCC(C2)N3C)cc1. The van der Waals surface area contributed by atoms with Crippen molar-refractivity contribution in [3.05, 3.63) is 29.8 Å². The van der Waals surface area contributed by atoms with Gasteiger partial charge in [0.2, 0.25) is 0 Å². The van der Waals surface area contributed by atoms with Gasteiger partial charge < -0.3 is 9.64 Å². The number of hydrogen-bond acceptors (Lipinski definition) is 3. The van der Waals surface area contributed by atoms with Gasteiger partial charge in [-0.05, 0) is 56.8 Å². The van der Waals surface area contributed by atoms with Gasteiger partial charge in [-0.25, -0.2) is 0 Å². The van der Waals surface area contributed by atoms with Crippen molar-refractivity contribution in [2.45, 2.75) is 50.6 Å². The van der Waals surface area contributed by atoms with Crippen LogP contribution in [0.3, 0.4) is 0 Å². The number of rotatable bonds is 5. The lowest BCUT2D eigenvalue weighted by Crippen LogP contribution is -2.42. The second kappa shape index (κ2) is 6.18. The first kappa shape index (κ1) is 14.6. The maximum Gasteiger partial charge on any atom is 0.136 e. The summed E-state index contributed by atoms with van der Waals surface area (Å²) in [5, 5.41) is 0. The van der Waals surface area contributed by atoms with Crippen molar-refractivity contribution in [3.8, 4) is 5.75 Å². The minimum atomic E-state index is 0.303. The first-order valence-electron chi connectivity index (χ1n) is 8.05. The lowest BCUT2D eigenvalue weighted by molar-refractivity contribution is -0.125. The normalized spacial score (nSPS) is 28.6. The number of piperidine rings is 1. The average molecular weight is 287 g/mol. The van der Waals surface area contributed by atoms with Gasteiger partial charge in [0.05, 0.1) is 7.11 Å². The lowest BCUT2D eigenvalue weighted by atomic mass is 9.85. The highest BCUT2D eigenvalue weighted by molar-refractivity contribution is 5.81. The highest BCUT2D eigenvalue weighted by Crippen LogP contribution is 2.38. The van der Waals surface area contributed by atoms with Gasteiger partial charge in [0, 0.05) is 24.4 Å². The van der Waals surface area contributed by atoms with E-state index in [1.54, 1.807) is 7.11 Å². The molecule has 1 aromatic carbocycles. The van der Waals surface area contributed by atoms with Crippen LogP contribution in [0, 0.1) is 5.92 Å². The predicted octanol–water partition coefficient (Wildman–Crippen LogP) is 3.07. The van der Waals surface area contributed by atoms with Gasteiger partial charge in [-0.1, -0.05) is 12.1 Å². The molecular weight excluding hydrogens is 262 g/mol. The van der Waals surface area contributed by atoms with Gasteiger partial charge in [0.25, 0.3) is 0 Å². The number of ketones is 1. The predicted molar refractivity (Wildman–Crippen MR) is 83.6 cm³/mol. The molecular formula is C18H25NO2. The summed E-state index contributed by atoms with van der Waals surface area (Å²) in [5.74, 6) is 1.64. The summed E-state index contributed by atoms with van der Waals surface area (Å²) in [6.07, 6.45) is 6.25. The van der Waals surface area contributed by atoms with Crippen molar-refractivity contribution >= 4 is 5.78 Å². The quantitative estimate of drug-likeness (QED) is 0.833. The van der Waals surface area contributed by atoms with Crippen molar-refractivity contribution in [1.29, 1.82) is 0 Å².